The first-order valence-corrected chi connectivity index (χ1v) is 7.86. The Morgan fingerprint density at radius 2 is 2.10 bits per heavy atom. The SMILES string of the molecule is CCC1CCC(CN)C(c2cnc3ccccc3c2)C1. The van der Waals surface area contributed by atoms with Crippen LogP contribution < -0.4 is 5.73 Å². The number of nitrogens with two attached hydrogens (primary N) is 1. The zero-order chi connectivity index (χ0) is 13.9. The van der Waals surface area contributed by atoms with E-state index < -0.39 is 0 Å². The van der Waals surface area contributed by atoms with Gasteiger partial charge < -0.3 is 5.73 Å². The summed E-state index contributed by atoms with van der Waals surface area (Å²) in [6, 6.07) is 10.7. The number of fused-ring (bicyclic) bond motifs is 1. The Morgan fingerprint density at radius 3 is 2.90 bits per heavy atom. The average Bonchev–Trinajstić information content (AvgIpc) is 2.53. The highest BCUT2D eigenvalue weighted by Gasteiger charge is 2.30. The number of benzene rings is 1. The van der Waals surface area contributed by atoms with Gasteiger partial charge >= 0.3 is 0 Å². The highest BCUT2D eigenvalue weighted by molar-refractivity contribution is 5.78. The smallest absolute Gasteiger partial charge is 0.0702 e. The lowest BCUT2D eigenvalue weighted by Crippen LogP contribution is -2.29. The van der Waals surface area contributed by atoms with Crippen LogP contribution in [0.3, 0.4) is 0 Å². The van der Waals surface area contributed by atoms with Crippen LogP contribution in [0, 0.1) is 11.8 Å². The first-order valence-electron chi connectivity index (χ1n) is 7.86. The van der Waals surface area contributed by atoms with Gasteiger partial charge in [-0.15, -0.1) is 0 Å². The second kappa shape index (κ2) is 5.92. The van der Waals surface area contributed by atoms with E-state index in [-0.39, 0.29) is 0 Å². The van der Waals surface area contributed by atoms with E-state index in [2.05, 4.69) is 42.4 Å². The minimum absolute atomic E-state index is 0.593. The van der Waals surface area contributed by atoms with E-state index >= 15 is 0 Å². The molecule has 0 saturated heterocycles. The molecule has 20 heavy (non-hydrogen) atoms. The monoisotopic (exact) mass is 268 g/mol. The van der Waals surface area contributed by atoms with Crippen molar-refractivity contribution in [3.8, 4) is 0 Å². The summed E-state index contributed by atoms with van der Waals surface area (Å²) in [5, 5.41) is 1.25. The third kappa shape index (κ3) is 2.57. The molecule has 0 radical (unpaired) electrons. The van der Waals surface area contributed by atoms with Gasteiger partial charge in [-0.05, 0) is 54.8 Å². The molecule has 0 amide bonds. The summed E-state index contributed by atoms with van der Waals surface area (Å²) in [7, 11) is 0. The molecule has 3 rings (SSSR count). The molecule has 3 atom stereocenters. The molecule has 0 aliphatic heterocycles. The molecule has 1 aromatic heterocycles. The lowest BCUT2D eigenvalue weighted by atomic mass is 9.70. The van der Waals surface area contributed by atoms with E-state index in [1.165, 1.54) is 36.6 Å². The molecule has 3 unspecified atom stereocenters. The number of aromatic nitrogens is 1. The molecule has 106 valence electrons. The number of hydrogen-bond donors (Lipinski definition) is 1. The molecule has 1 saturated carbocycles. The summed E-state index contributed by atoms with van der Waals surface area (Å²) >= 11 is 0. The molecule has 2 N–H and O–H groups in total. The van der Waals surface area contributed by atoms with Gasteiger partial charge in [-0.25, -0.2) is 0 Å². The Kier molecular flexibility index (Phi) is 4.02. The predicted molar refractivity (Wildman–Crippen MR) is 84.7 cm³/mol. The molecule has 1 fully saturated rings. The quantitative estimate of drug-likeness (QED) is 0.910. The summed E-state index contributed by atoms with van der Waals surface area (Å²) in [6.45, 7) is 3.11. The molecule has 0 bridgehead atoms. The van der Waals surface area contributed by atoms with Crippen LogP contribution in [-0.4, -0.2) is 11.5 Å². The second-order valence-corrected chi connectivity index (χ2v) is 6.15. The first kappa shape index (κ1) is 13.6. The topological polar surface area (TPSA) is 38.9 Å². The minimum Gasteiger partial charge on any atom is -0.330 e. The predicted octanol–water partition coefficient (Wildman–Crippen LogP) is 4.10. The second-order valence-electron chi connectivity index (χ2n) is 6.15. The summed E-state index contributed by atoms with van der Waals surface area (Å²) in [6.07, 6.45) is 7.25. The van der Waals surface area contributed by atoms with Crippen LogP contribution in [0.25, 0.3) is 10.9 Å². The van der Waals surface area contributed by atoms with Crippen molar-refractivity contribution < 1.29 is 0 Å². The molecular formula is C18H24N2. The van der Waals surface area contributed by atoms with E-state index in [1.54, 1.807) is 0 Å². The van der Waals surface area contributed by atoms with E-state index in [9.17, 15) is 0 Å². The zero-order valence-electron chi connectivity index (χ0n) is 12.3. The molecule has 0 spiro atoms. The normalized spacial score (nSPS) is 26.8. The number of hydrogen-bond acceptors (Lipinski definition) is 2. The van der Waals surface area contributed by atoms with Crippen LogP contribution in [0.15, 0.2) is 36.5 Å². The van der Waals surface area contributed by atoms with Gasteiger partial charge in [-0.2, -0.15) is 0 Å². The minimum atomic E-state index is 0.593. The van der Waals surface area contributed by atoms with Crippen molar-refractivity contribution in [1.82, 2.24) is 4.98 Å². The number of pyridine rings is 1. The van der Waals surface area contributed by atoms with Crippen molar-refractivity contribution in [2.24, 2.45) is 17.6 Å². The van der Waals surface area contributed by atoms with Crippen LogP contribution in [0.4, 0.5) is 0 Å². The highest BCUT2D eigenvalue weighted by Crippen LogP contribution is 2.41. The third-order valence-corrected chi connectivity index (χ3v) is 5.02. The maximum atomic E-state index is 6.01. The number of rotatable bonds is 3. The van der Waals surface area contributed by atoms with E-state index in [4.69, 9.17) is 5.73 Å². The van der Waals surface area contributed by atoms with E-state index in [0.29, 0.717) is 11.8 Å². The Labute approximate surface area is 121 Å². The summed E-state index contributed by atoms with van der Waals surface area (Å²) in [5.41, 5.74) is 8.48. The van der Waals surface area contributed by atoms with Crippen molar-refractivity contribution in [1.29, 1.82) is 0 Å². The van der Waals surface area contributed by atoms with Gasteiger partial charge in [0.05, 0.1) is 5.52 Å². The van der Waals surface area contributed by atoms with E-state index in [1.807, 2.05) is 6.07 Å². The molecule has 1 aliphatic carbocycles. The lowest BCUT2D eigenvalue weighted by molar-refractivity contribution is 0.236. The average molecular weight is 268 g/mol. The van der Waals surface area contributed by atoms with Gasteiger partial charge in [0.15, 0.2) is 0 Å². The molecule has 2 heteroatoms. The van der Waals surface area contributed by atoms with Crippen LogP contribution in [0.2, 0.25) is 0 Å². The first-order chi connectivity index (χ1) is 9.81. The van der Waals surface area contributed by atoms with Crippen LogP contribution >= 0.6 is 0 Å². The Bertz CT molecular complexity index is 578. The molecule has 2 aromatic rings. The summed E-state index contributed by atoms with van der Waals surface area (Å²) in [4.78, 5) is 4.64. The maximum absolute atomic E-state index is 6.01. The van der Waals surface area contributed by atoms with Gasteiger partial charge in [-0.1, -0.05) is 38.0 Å². The Hall–Kier alpha value is -1.41. The fraction of sp³-hybridized carbons (Fsp3) is 0.500. The third-order valence-electron chi connectivity index (χ3n) is 5.02. The molecule has 1 aromatic carbocycles. The van der Waals surface area contributed by atoms with Crippen molar-refractivity contribution in [3.05, 3.63) is 42.1 Å². The van der Waals surface area contributed by atoms with Gasteiger partial charge in [0.25, 0.3) is 0 Å². The van der Waals surface area contributed by atoms with Crippen LogP contribution in [0.1, 0.15) is 44.1 Å². The van der Waals surface area contributed by atoms with Gasteiger partial charge in [-0.3, -0.25) is 4.98 Å². The molecule has 1 heterocycles. The Morgan fingerprint density at radius 1 is 1.25 bits per heavy atom. The van der Waals surface area contributed by atoms with E-state index in [0.717, 1.165) is 18.0 Å². The van der Waals surface area contributed by atoms with Crippen molar-refractivity contribution in [2.75, 3.05) is 6.54 Å². The fourth-order valence-corrected chi connectivity index (χ4v) is 3.67. The van der Waals surface area contributed by atoms with Crippen molar-refractivity contribution in [3.63, 3.8) is 0 Å². The summed E-state index contributed by atoms with van der Waals surface area (Å²) in [5.74, 6) is 2.07. The molecule has 1 aliphatic rings. The van der Waals surface area contributed by atoms with Gasteiger partial charge in [0.2, 0.25) is 0 Å². The standard InChI is InChI=1S/C18H24N2/c1-2-13-7-8-15(11-19)17(9-13)16-10-14-5-3-4-6-18(14)20-12-16/h3-6,10,12-13,15,17H,2,7-9,11,19H2,1H3. The largest absolute Gasteiger partial charge is 0.330 e. The Balaban J connectivity index is 1.94. The van der Waals surface area contributed by atoms with Crippen LogP contribution in [0.5, 0.6) is 0 Å². The maximum Gasteiger partial charge on any atom is 0.0702 e. The van der Waals surface area contributed by atoms with Crippen molar-refractivity contribution in [2.45, 2.75) is 38.5 Å². The van der Waals surface area contributed by atoms with Crippen LogP contribution in [-0.2, 0) is 0 Å². The van der Waals surface area contributed by atoms with Gasteiger partial charge in [0, 0.05) is 11.6 Å². The fourth-order valence-electron chi connectivity index (χ4n) is 3.67. The zero-order valence-corrected chi connectivity index (χ0v) is 12.3. The van der Waals surface area contributed by atoms with Gasteiger partial charge in [0.1, 0.15) is 0 Å². The lowest BCUT2D eigenvalue weighted by Gasteiger charge is -2.35. The number of para-hydroxylation sites is 1. The summed E-state index contributed by atoms with van der Waals surface area (Å²) < 4.78 is 0. The van der Waals surface area contributed by atoms with Crippen molar-refractivity contribution >= 4 is 10.9 Å². The molecule has 2 nitrogen and oxygen atoms in total. The number of nitrogens with zero attached hydrogens (tertiary/aromatic N) is 1. The molecular weight excluding hydrogens is 244 g/mol. The highest BCUT2D eigenvalue weighted by atomic mass is 14.7.